The number of rotatable bonds is 6. The fourth-order valence-electron chi connectivity index (χ4n) is 2.96. The summed E-state index contributed by atoms with van der Waals surface area (Å²) in [5.74, 6) is 0.466. The first kappa shape index (κ1) is 14.8. The molecule has 0 radical (unpaired) electrons. The van der Waals surface area contributed by atoms with Gasteiger partial charge in [-0.15, -0.1) is 0 Å². The van der Waals surface area contributed by atoms with Gasteiger partial charge in [0, 0.05) is 25.2 Å². The zero-order valence-corrected chi connectivity index (χ0v) is 13.4. The molecule has 6 heteroatoms. The highest BCUT2D eigenvalue weighted by atomic mass is 32.2. The fraction of sp³-hybridized carbons (Fsp3) is 1.00. The number of piperidine rings is 1. The molecule has 0 aromatic rings. The molecule has 116 valence electrons. The summed E-state index contributed by atoms with van der Waals surface area (Å²) < 4.78 is 29.4. The lowest BCUT2D eigenvalue weighted by Crippen LogP contribution is -2.48. The molecule has 2 atom stereocenters. The number of nitrogens with zero attached hydrogens (tertiary/aromatic N) is 1. The van der Waals surface area contributed by atoms with E-state index in [4.69, 9.17) is 0 Å². The molecule has 0 aromatic carbocycles. The zero-order valence-electron chi connectivity index (χ0n) is 12.6. The molecule has 3 rings (SSSR count). The van der Waals surface area contributed by atoms with Gasteiger partial charge in [0.05, 0.1) is 0 Å². The summed E-state index contributed by atoms with van der Waals surface area (Å²) in [5.41, 5.74) is 0.135. The maximum absolute atomic E-state index is 12.4. The predicted molar refractivity (Wildman–Crippen MR) is 79.6 cm³/mol. The molecular weight excluding hydrogens is 274 g/mol. The van der Waals surface area contributed by atoms with E-state index in [9.17, 15) is 8.42 Å². The van der Waals surface area contributed by atoms with Crippen LogP contribution >= 0.6 is 0 Å². The maximum Gasteiger partial charge on any atom is 0.279 e. The van der Waals surface area contributed by atoms with Gasteiger partial charge in [-0.2, -0.15) is 17.4 Å². The van der Waals surface area contributed by atoms with Crippen molar-refractivity contribution >= 4 is 10.2 Å². The Morgan fingerprint density at radius 3 is 2.55 bits per heavy atom. The Balaban J connectivity index is 1.52. The summed E-state index contributed by atoms with van der Waals surface area (Å²) in [4.78, 5) is 0. The minimum atomic E-state index is -3.29. The van der Waals surface area contributed by atoms with Gasteiger partial charge in [0.2, 0.25) is 0 Å². The van der Waals surface area contributed by atoms with Crippen LogP contribution in [0.5, 0.6) is 0 Å². The zero-order chi connectivity index (χ0) is 14.4. The van der Waals surface area contributed by atoms with Crippen LogP contribution in [0, 0.1) is 11.3 Å². The fourth-order valence-corrected chi connectivity index (χ4v) is 4.64. The van der Waals surface area contributed by atoms with Crippen molar-refractivity contribution in [3.05, 3.63) is 0 Å². The Bertz CT molecular complexity index is 459. The van der Waals surface area contributed by atoms with Crippen molar-refractivity contribution in [2.45, 2.75) is 58.0 Å². The Morgan fingerprint density at radius 1 is 1.25 bits per heavy atom. The quantitative estimate of drug-likeness (QED) is 0.772. The molecule has 0 amide bonds. The van der Waals surface area contributed by atoms with Crippen LogP contribution < -0.4 is 10.0 Å². The van der Waals surface area contributed by atoms with Crippen molar-refractivity contribution < 1.29 is 8.42 Å². The molecule has 3 fully saturated rings. The van der Waals surface area contributed by atoms with Crippen molar-refractivity contribution in [2.24, 2.45) is 11.3 Å². The third-order valence-electron chi connectivity index (χ3n) is 4.90. The van der Waals surface area contributed by atoms with Crippen molar-refractivity contribution in [2.75, 3.05) is 19.6 Å². The van der Waals surface area contributed by atoms with Gasteiger partial charge in [-0.05, 0) is 50.0 Å². The molecule has 1 aliphatic heterocycles. The molecule has 2 N–H and O–H groups in total. The highest BCUT2D eigenvalue weighted by Gasteiger charge is 2.48. The third-order valence-corrected chi connectivity index (χ3v) is 6.49. The molecule has 0 aromatic heterocycles. The molecule has 1 heterocycles. The second kappa shape index (κ2) is 5.23. The monoisotopic (exact) mass is 301 g/mol. The first-order valence-electron chi connectivity index (χ1n) is 7.88. The van der Waals surface area contributed by atoms with E-state index < -0.39 is 10.2 Å². The van der Waals surface area contributed by atoms with Gasteiger partial charge < -0.3 is 5.32 Å². The van der Waals surface area contributed by atoms with Crippen molar-refractivity contribution in [1.29, 1.82) is 0 Å². The molecule has 5 nitrogen and oxygen atoms in total. The van der Waals surface area contributed by atoms with Crippen LogP contribution in [0.25, 0.3) is 0 Å². The summed E-state index contributed by atoms with van der Waals surface area (Å²) in [6.45, 7) is 6.52. The van der Waals surface area contributed by atoms with Gasteiger partial charge in [0.1, 0.15) is 0 Å². The van der Waals surface area contributed by atoms with E-state index in [-0.39, 0.29) is 11.5 Å². The lowest BCUT2D eigenvalue weighted by atomic mass is 10.00. The summed E-state index contributed by atoms with van der Waals surface area (Å²) >= 11 is 0. The van der Waals surface area contributed by atoms with Crippen molar-refractivity contribution in [1.82, 2.24) is 14.3 Å². The summed E-state index contributed by atoms with van der Waals surface area (Å²) in [6, 6.07) is 0.824. The average Bonchev–Trinajstić information content (AvgIpc) is 3.27. The van der Waals surface area contributed by atoms with Crippen LogP contribution in [-0.4, -0.2) is 44.4 Å². The third kappa shape index (κ3) is 3.53. The van der Waals surface area contributed by atoms with E-state index in [0.29, 0.717) is 25.0 Å². The SMILES string of the molecule is CC1(C)CC1NS(=O)(=O)N1CCCC(CNC2CC2)C1. The predicted octanol–water partition coefficient (Wildman–Crippen LogP) is 1.08. The molecule has 0 bridgehead atoms. The van der Waals surface area contributed by atoms with E-state index in [1.807, 2.05) is 0 Å². The lowest BCUT2D eigenvalue weighted by molar-refractivity contribution is 0.257. The molecule has 2 aliphatic carbocycles. The van der Waals surface area contributed by atoms with Crippen LogP contribution in [0.4, 0.5) is 0 Å². The highest BCUT2D eigenvalue weighted by molar-refractivity contribution is 7.87. The minimum Gasteiger partial charge on any atom is -0.314 e. The Labute approximate surface area is 122 Å². The Kier molecular flexibility index (Phi) is 3.86. The van der Waals surface area contributed by atoms with Gasteiger partial charge in [0.25, 0.3) is 10.2 Å². The number of hydrogen-bond acceptors (Lipinski definition) is 3. The normalized spacial score (nSPS) is 34.1. The van der Waals surface area contributed by atoms with E-state index in [1.165, 1.54) is 12.8 Å². The second-order valence-electron chi connectivity index (χ2n) is 7.42. The van der Waals surface area contributed by atoms with Crippen molar-refractivity contribution in [3.63, 3.8) is 0 Å². The number of nitrogens with one attached hydrogen (secondary N) is 2. The number of hydrogen-bond donors (Lipinski definition) is 2. The largest absolute Gasteiger partial charge is 0.314 e. The van der Waals surface area contributed by atoms with Crippen molar-refractivity contribution in [3.8, 4) is 0 Å². The molecule has 0 spiro atoms. The van der Waals surface area contributed by atoms with Gasteiger partial charge in [-0.3, -0.25) is 0 Å². The molecule has 1 saturated heterocycles. The molecule has 2 saturated carbocycles. The second-order valence-corrected chi connectivity index (χ2v) is 9.12. The Hall–Kier alpha value is -0.170. The summed E-state index contributed by atoms with van der Waals surface area (Å²) in [7, 11) is -3.29. The van der Waals surface area contributed by atoms with E-state index in [2.05, 4.69) is 23.9 Å². The average molecular weight is 301 g/mol. The first-order chi connectivity index (χ1) is 9.37. The molecule has 20 heavy (non-hydrogen) atoms. The summed E-state index contributed by atoms with van der Waals surface area (Å²) in [5, 5.41) is 3.52. The smallest absolute Gasteiger partial charge is 0.279 e. The van der Waals surface area contributed by atoms with Crippen LogP contribution in [0.3, 0.4) is 0 Å². The van der Waals surface area contributed by atoms with Crippen LogP contribution in [-0.2, 0) is 10.2 Å². The maximum atomic E-state index is 12.4. The Morgan fingerprint density at radius 2 is 1.95 bits per heavy atom. The van der Waals surface area contributed by atoms with E-state index in [1.54, 1.807) is 4.31 Å². The van der Waals surface area contributed by atoms with E-state index >= 15 is 0 Å². The van der Waals surface area contributed by atoms with Crippen LogP contribution in [0.1, 0.15) is 46.0 Å². The topological polar surface area (TPSA) is 61.4 Å². The van der Waals surface area contributed by atoms with Crippen LogP contribution in [0.15, 0.2) is 0 Å². The highest BCUT2D eigenvalue weighted by Crippen LogP contribution is 2.45. The summed E-state index contributed by atoms with van der Waals surface area (Å²) in [6.07, 6.45) is 5.64. The molecular formula is C14H27N3O2S. The molecule has 2 unspecified atom stereocenters. The van der Waals surface area contributed by atoms with Crippen LogP contribution in [0.2, 0.25) is 0 Å². The standard InChI is InChI=1S/C14H27N3O2S/c1-14(2)8-13(14)16-20(18,19)17-7-3-4-11(10-17)9-15-12-5-6-12/h11-13,15-16H,3-10H2,1-2H3. The van der Waals surface area contributed by atoms with Gasteiger partial charge in [-0.1, -0.05) is 13.8 Å². The first-order valence-corrected chi connectivity index (χ1v) is 9.32. The molecule has 3 aliphatic rings. The van der Waals surface area contributed by atoms with Gasteiger partial charge in [-0.25, -0.2) is 0 Å². The minimum absolute atomic E-state index is 0.123. The van der Waals surface area contributed by atoms with E-state index in [0.717, 1.165) is 25.8 Å². The van der Waals surface area contributed by atoms with Gasteiger partial charge >= 0.3 is 0 Å². The lowest BCUT2D eigenvalue weighted by Gasteiger charge is -2.32. The van der Waals surface area contributed by atoms with Gasteiger partial charge in [0.15, 0.2) is 0 Å².